The Hall–Kier alpha value is -1.33. The van der Waals surface area contributed by atoms with Crippen LogP contribution in [0.5, 0.6) is 0 Å². The molecule has 2 aromatic rings. The van der Waals surface area contributed by atoms with Gasteiger partial charge in [0.1, 0.15) is 0 Å². The highest BCUT2D eigenvalue weighted by Gasteiger charge is 2.36. The van der Waals surface area contributed by atoms with E-state index in [1.165, 1.54) is 32.1 Å². The molecular weight excluding hydrogens is 286 g/mol. The van der Waals surface area contributed by atoms with Gasteiger partial charge in [-0.1, -0.05) is 18.0 Å². The maximum Gasteiger partial charge on any atom is 0.243 e. The molecule has 0 radical (unpaired) electrons. The van der Waals surface area contributed by atoms with Gasteiger partial charge in [0.15, 0.2) is 5.65 Å². The van der Waals surface area contributed by atoms with Gasteiger partial charge in [-0.15, -0.1) is 5.10 Å². The molecule has 1 N–H and O–H groups in total. The van der Waals surface area contributed by atoms with Crippen LogP contribution in [-0.4, -0.2) is 44.7 Å². The number of nitrogens with one attached hydrogen (secondary N) is 1. The van der Waals surface area contributed by atoms with Gasteiger partial charge >= 0.3 is 0 Å². The molecule has 2 saturated heterocycles. The molecule has 5 nitrogen and oxygen atoms in total. The number of piperidine rings is 2. The van der Waals surface area contributed by atoms with Gasteiger partial charge in [-0.25, -0.2) is 4.52 Å². The molecule has 2 bridgehead atoms. The van der Waals surface area contributed by atoms with E-state index in [1.54, 1.807) is 10.7 Å². The first kappa shape index (κ1) is 13.3. The molecule has 2 atom stereocenters. The molecule has 2 aliphatic rings. The Balaban J connectivity index is 1.52. The van der Waals surface area contributed by atoms with E-state index in [4.69, 9.17) is 11.6 Å². The number of pyridine rings is 1. The molecule has 0 saturated carbocycles. The predicted octanol–water partition coefficient (Wildman–Crippen LogP) is 2.81. The quantitative estimate of drug-likeness (QED) is 0.927. The van der Waals surface area contributed by atoms with Gasteiger partial charge in [0.05, 0.1) is 5.02 Å². The highest BCUT2D eigenvalue weighted by atomic mass is 35.5. The molecule has 0 spiro atoms. The first-order valence-corrected chi connectivity index (χ1v) is 8.07. The smallest absolute Gasteiger partial charge is 0.243 e. The lowest BCUT2D eigenvalue weighted by Crippen LogP contribution is -2.52. The Kier molecular flexibility index (Phi) is 3.27. The van der Waals surface area contributed by atoms with E-state index in [2.05, 4.69) is 27.3 Å². The first-order chi connectivity index (χ1) is 10.2. The van der Waals surface area contributed by atoms with Crippen LogP contribution in [0.2, 0.25) is 5.02 Å². The van der Waals surface area contributed by atoms with Gasteiger partial charge in [0.2, 0.25) is 5.95 Å². The lowest BCUT2D eigenvalue weighted by Gasteiger charge is -2.47. The number of nitrogens with zero attached hydrogens (tertiary/aromatic N) is 4. The second-order valence-corrected chi connectivity index (χ2v) is 6.74. The highest BCUT2D eigenvalue weighted by molar-refractivity contribution is 6.30. The fourth-order valence-electron chi connectivity index (χ4n) is 3.84. The van der Waals surface area contributed by atoms with Crippen LogP contribution in [0.25, 0.3) is 5.65 Å². The fraction of sp³-hybridized carbons (Fsp3) is 0.600. The molecule has 21 heavy (non-hydrogen) atoms. The zero-order valence-electron chi connectivity index (χ0n) is 12.2. The van der Waals surface area contributed by atoms with Crippen LogP contribution in [0.1, 0.15) is 32.1 Å². The molecule has 112 valence electrons. The second-order valence-electron chi connectivity index (χ2n) is 6.30. The minimum atomic E-state index is 0.476. The molecule has 2 aliphatic heterocycles. The summed E-state index contributed by atoms with van der Waals surface area (Å²) in [5.41, 5.74) is 0.829. The minimum Gasteiger partial charge on any atom is -0.350 e. The maximum absolute atomic E-state index is 5.99. The molecule has 2 fully saturated rings. The van der Waals surface area contributed by atoms with Crippen molar-refractivity contribution < 1.29 is 0 Å². The third kappa shape index (κ3) is 2.49. The zero-order chi connectivity index (χ0) is 14.4. The van der Waals surface area contributed by atoms with E-state index in [1.807, 2.05) is 12.1 Å². The summed E-state index contributed by atoms with van der Waals surface area (Å²) in [7, 11) is 2.27. The van der Waals surface area contributed by atoms with E-state index in [9.17, 15) is 0 Å². The minimum absolute atomic E-state index is 0.476. The van der Waals surface area contributed by atoms with E-state index >= 15 is 0 Å². The normalized spacial score (nSPS) is 29.7. The SMILES string of the molecule is CN1C2CCCC1CC(Nc1nc3ccc(Cl)cn3n1)C2. The number of aromatic nitrogens is 3. The summed E-state index contributed by atoms with van der Waals surface area (Å²) >= 11 is 5.99. The van der Waals surface area contributed by atoms with Gasteiger partial charge in [0.25, 0.3) is 0 Å². The van der Waals surface area contributed by atoms with Crippen molar-refractivity contribution in [1.82, 2.24) is 19.5 Å². The van der Waals surface area contributed by atoms with Crippen molar-refractivity contribution in [1.29, 1.82) is 0 Å². The number of anilines is 1. The Labute approximate surface area is 129 Å². The van der Waals surface area contributed by atoms with Crippen molar-refractivity contribution in [3.8, 4) is 0 Å². The lowest BCUT2D eigenvalue weighted by atomic mass is 9.82. The Morgan fingerprint density at radius 1 is 1.24 bits per heavy atom. The van der Waals surface area contributed by atoms with Crippen LogP contribution in [0.4, 0.5) is 5.95 Å². The monoisotopic (exact) mass is 305 g/mol. The average Bonchev–Trinajstić information content (AvgIpc) is 2.81. The number of rotatable bonds is 2. The van der Waals surface area contributed by atoms with Crippen molar-refractivity contribution in [2.75, 3.05) is 12.4 Å². The molecular formula is C15H20ClN5. The molecule has 0 aliphatic carbocycles. The van der Waals surface area contributed by atoms with Gasteiger partial charge in [-0.05, 0) is 44.9 Å². The zero-order valence-corrected chi connectivity index (χ0v) is 12.9. The summed E-state index contributed by atoms with van der Waals surface area (Å²) < 4.78 is 1.74. The first-order valence-electron chi connectivity index (χ1n) is 7.69. The molecule has 2 unspecified atom stereocenters. The standard InChI is InChI=1S/C15H20ClN5/c1-20-12-3-2-4-13(20)8-11(7-12)17-15-18-14-6-5-10(16)9-21(14)19-15/h5-6,9,11-13H,2-4,7-8H2,1H3,(H,17,19). The van der Waals surface area contributed by atoms with Gasteiger partial charge in [-0.3, -0.25) is 0 Å². The third-order valence-corrected chi connectivity index (χ3v) is 5.19. The molecule has 4 heterocycles. The molecule has 4 rings (SSSR count). The van der Waals surface area contributed by atoms with E-state index in [0.717, 1.165) is 5.65 Å². The fourth-order valence-corrected chi connectivity index (χ4v) is 3.99. The summed E-state index contributed by atoms with van der Waals surface area (Å²) in [6.07, 6.45) is 8.17. The van der Waals surface area contributed by atoms with E-state index < -0.39 is 0 Å². The number of hydrogen-bond acceptors (Lipinski definition) is 4. The van der Waals surface area contributed by atoms with Gasteiger partial charge in [-0.2, -0.15) is 4.98 Å². The van der Waals surface area contributed by atoms with Crippen molar-refractivity contribution in [3.05, 3.63) is 23.4 Å². The van der Waals surface area contributed by atoms with Crippen LogP contribution in [0, 0.1) is 0 Å². The molecule has 0 aromatic carbocycles. The molecule has 2 aromatic heterocycles. The van der Waals surface area contributed by atoms with Gasteiger partial charge < -0.3 is 10.2 Å². The van der Waals surface area contributed by atoms with E-state index in [0.29, 0.717) is 29.1 Å². The third-order valence-electron chi connectivity index (χ3n) is 4.97. The van der Waals surface area contributed by atoms with Crippen LogP contribution >= 0.6 is 11.6 Å². The Morgan fingerprint density at radius 3 is 2.76 bits per heavy atom. The van der Waals surface area contributed by atoms with Crippen LogP contribution < -0.4 is 5.32 Å². The van der Waals surface area contributed by atoms with Crippen molar-refractivity contribution in [2.24, 2.45) is 0 Å². The second kappa shape index (κ2) is 5.14. The molecule has 6 heteroatoms. The lowest BCUT2D eigenvalue weighted by molar-refractivity contribution is 0.0607. The summed E-state index contributed by atoms with van der Waals surface area (Å²) in [4.78, 5) is 7.10. The Bertz CT molecular complexity index is 641. The van der Waals surface area contributed by atoms with E-state index in [-0.39, 0.29) is 0 Å². The van der Waals surface area contributed by atoms with Crippen molar-refractivity contribution in [3.63, 3.8) is 0 Å². The Morgan fingerprint density at radius 2 is 2.00 bits per heavy atom. The average molecular weight is 306 g/mol. The summed E-state index contributed by atoms with van der Waals surface area (Å²) in [5, 5.41) is 8.68. The summed E-state index contributed by atoms with van der Waals surface area (Å²) in [6.45, 7) is 0. The summed E-state index contributed by atoms with van der Waals surface area (Å²) in [5.74, 6) is 0.713. The largest absolute Gasteiger partial charge is 0.350 e. The van der Waals surface area contributed by atoms with Crippen LogP contribution in [0.15, 0.2) is 18.3 Å². The molecule has 0 amide bonds. The highest BCUT2D eigenvalue weighted by Crippen LogP contribution is 2.33. The number of halogens is 1. The maximum atomic E-state index is 5.99. The predicted molar refractivity (Wildman–Crippen MR) is 83.8 cm³/mol. The van der Waals surface area contributed by atoms with Gasteiger partial charge in [0, 0.05) is 24.3 Å². The van der Waals surface area contributed by atoms with Crippen molar-refractivity contribution in [2.45, 2.75) is 50.2 Å². The topological polar surface area (TPSA) is 45.5 Å². The summed E-state index contributed by atoms with van der Waals surface area (Å²) in [6, 6.07) is 5.63. The van der Waals surface area contributed by atoms with Crippen LogP contribution in [0.3, 0.4) is 0 Å². The number of hydrogen-bond donors (Lipinski definition) is 1. The number of fused-ring (bicyclic) bond motifs is 3. The van der Waals surface area contributed by atoms with Crippen molar-refractivity contribution >= 4 is 23.2 Å². The van der Waals surface area contributed by atoms with Crippen LogP contribution in [-0.2, 0) is 0 Å².